The van der Waals surface area contributed by atoms with E-state index >= 15 is 0 Å². The van der Waals surface area contributed by atoms with Gasteiger partial charge >= 0.3 is 6.36 Å². The van der Waals surface area contributed by atoms with Crippen molar-refractivity contribution in [3.05, 3.63) is 41.5 Å². The van der Waals surface area contributed by atoms with E-state index in [1.54, 1.807) is 6.08 Å². The highest BCUT2D eigenvalue weighted by atomic mass is 19.4. The molecule has 0 amide bonds. The number of halogens is 5. The molecule has 0 N–H and O–H groups in total. The number of ether oxygens (including phenoxy) is 1. The molecule has 3 rings (SSSR count). The second-order valence-electron chi connectivity index (χ2n) is 8.81. The van der Waals surface area contributed by atoms with Crippen LogP contribution in [0.15, 0.2) is 24.3 Å². The van der Waals surface area contributed by atoms with E-state index < -0.39 is 23.7 Å². The van der Waals surface area contributed by atoms with E-state index in [-0.39, 0.29) is 5.56 Å². The highest BCUT2D eigenvalue weighted by Gasteiger charge is 2.34. The van der Waals surface area contributed by atoms with E-state index in [1.807, 2.05) is 6.08 Å². The Morgan fingerprint density at radius 2 is 1.48 bits per heavy atom. The summed E-state index contributed by atoms with van der Waals surface area (Å²) in [6.07, 6.45) is 10.1. The third-order valence-corrected chi connectivity index (χ3v) is 6.84. The Morgan fingerprint density at radius 1 is 0.935 bits per heavy atom. The molecule has 0 atom stereocenters. The Kier molecular flexibility index (Phi) is 8.02. The van der Waals surface area contributed by atoms with Crippen LogP contribution in [-0.4, -0.2) is 6.36 Å². The minimum atomic E-state index is -5.16. The fourth-order valence-corrected chi connectivity index (χ4v) is 5.03. The molecule has 0 bridgehead atoms. The third kappa shape index (κ3) is 6.98. The number of rotatable bonds is 4. The summed E-state index contributed by atoms with van der Waals surface area (Å²) >= 11 is 0. The van der Waals surface area contributed by atoms with Gasteiger partial charge in [0.1, 0.15) is 0 Å². The van der Waals surface area contributed by atoms with Crippen LogP contribution in [0, 0.1) is 47.1 Å². The number of hydrogen-bond acceptors (Lipinski definition) is 1. The van der Waals surface area contributed by atoms with E-state index in [2.05, 4.69) is 23.5 Å². The van der Waals surface area contributed by atoms with Gasteiger partial charge in [-0.1, -0.05) is 44.1 Å². The summed E-state index contributed by atoms with van der Waals surface area (Å²) in [6.45, 7) is 2.29. The molecule has 0 heterocycles. The van der Waals surface area contributed by atoms with Gasteiger partial charge in [0.15, 0.2) is 11.6 Å². The van der Waals surface area contributed by atoms with Crippen molar-refractivity contribution in [3.8, 4) is 17.6 Å². The van der Waals surface area contributed by atoms with Crippen LogP contribution in [0.25, 0.3) is 0 Å². The second kappa shape index (κ2) is 10.5. The van der Waals surface area contributed by atoms with Gasteiger partial charge < -0.3 is 4.74 Å². The van der Waals surface area contributed by atoms with Crippen LogP contribution in [-0.2, 0) is 0 Å². The normalized spacial score (nSPS) is 27.0. The smallest absolute Gasteiger partial charge is 0.399 e. The maximum absolute atomic E-state index is 13.7. The average Bonchev–Trinajstić information content (AvgIpc) is 2.74. The first kappa shape index (κ1) is 23.6. The summed E-state index contributed by atoms with van der Waals surface area (Å²) in [4.78, 5) is 0. The fraction of sp³-hybridized carbons (Fsp3) is 0.600. The lowest BCUT2D eigenvalue weighted by atomic mass is 9.69. The Balaban J connectivity index is 1.49. The monoisotopic (exact) mass is 440 g/mol. The minimum Gasteiger partial charge on any atom is -0.399 e. The Bertz CT molecular complexity index is 794. The number of benzene rings is 1. The van der Waals surface area contributed by atoms with Gasteiger partial charge in [-0.2, -0.15) is 0 Å². The molecule has 0 aliphatic heterocycles. The maximum atomic E-state index is 13.7. The molecule has 170 valence electrons. The summed E-state index contributed by atoms with van der Waals surface area (Å²) in [5.74, 6) is 4.05. The highest BCUT2D eigenvalue weighted by Crippen LogP contribution is 2.42. The van der Waals surface area contributed by atoms with E-state index in [9.17, 15) is 22.0 Å². The van der Waals surface area contributed by atoms with E-state index in [1.165, 1.54) is 44.9 Å². The molecule has 0 spiro atoms. The van der Waals surface area contributed by atoms with Gasteiger partial charge in [0.25, 0.3) is 0 Å². The van der Waals surface area contributed by atoms with Crippen LogP contribution in [0.2, 0.25) is 0 Å². The molecule has 1 aromatic rings. The van der Waals surface area contributed by atoms with Crippen molar-refractivity contribution in [3.63, 3.8) is 0 Å². The van der Waals surface area contributed by atoms with Crippen LogP contribution in [0.4, 0.5) is 22.0 Å². The zero-order valence-corrected chi connectivity index (χ0v) is 17.8. The van der Waals surface area contributed by atoms with Gasteiger partial charge in [0, 0.05) is 5.56 Å². The zero-order chi connectivity index (χ0) is 22.4. The molecule has 2 aliphatic rings. The van der Waals surface area contributed by atoms with Crippen LogP contribution in [0.3, 0.4) is 0 Å². The lowest BCUT2D eigenvalue weighted by Crippen LogP contribution is -2.25. The first-order chi connectivity index (χ1) is 14.7. The van der Waals surface area contributed by atoms with Gasteiger partial charge in [-0.05, 0) is 80.4 Å². The van der Waals surface area contributed by atoms with Crippen molar-refractivity contribution in [2.45, 2.75) is 71.1 Å². The molecule has 31 heavy (non-hydrogen) atoms. The third-order valence-electron chi connectivity index (χ3n) is 6.84. The minimum absolute atomic E-state index is 0.0411. The molecule has 1 aromatic carbocycles. The van der Waals surface area contributed by atoms with Crippen LogP contribution >= 0.6 is 0 Å². The summed E-state index contributed by atoms with van der Waals surface area (Å²) in [7, 11) is 0. The molecule has 2 aliphatic carbocycles. The molecule has 0 aromatic heterocycles. The predicted octanol–water partition coefficient (Wildman–Crippen LogP) is 7.79. The maximum Gasteiger partial charge on any atom is 0.573 e. The second-order valence-corrected chi connectivity index (χ2v) is 8.81. The van der Waals surface area contributed by atoms with E-state index in [4.69, 9.17) is 0 Å². The average molecular weight is 440 g/mol. The highest BCUT2D eigenvalue weighted by molar-refractivity contribution is 5.42. The molecular formula is C25H29F5O. The predicted molar refractivity (Wildman–Crippen MR) is 110 cm³/mol. The van der Waals surface area contributed by atoms with Crippen LogP contribution in [0.1, 0.15) is 70.3 Å². The topological polar surface area (TPSA) is 9.23 Å². The van der Waals surface area contributed by atoms with Gasteiger partial charge in [0.05, 0.1) is 0 Å². The number of hydrogen-bond donors (Lipinski definition) is 0. The van der Waals surface area contributed by atoms with Gasteiger partial charge in [-0.15, -0.1) is 13.2 Å². The Morgan fingerprint density at radius 3 is 2.00 bits per heavy atom. The molecule has 1 nitrogen and oxygen atoms in total. The molecule has 0 unspecified atom stereocenters. The first-order valence-electron chi connectivity index (χ1n) is 11.2. The number of alkyl halides is 3. The van der Waals surface area contributed by atoms with Crippen molar-refractivity contribution in [2.75, 3.05) is 0 Å². The van der Waals surface area contributed by atoms with Crippen molar-refractivity contribution in [1.82, 2.24) is 0 Å². The van der Waals surface area contributed by atoms with Crippen LogP contribution < -0.4 is 4.74 Å². The van der Waals surface area contributed by atoms with E-state index in [0.29, 0.717) is 5.92 Å². The van der Waals surface area contributed by atoms with Crippen LogP contribution in [0.5, 0.6) is 5.75 Å². The first-order valence-corrected chi connectivity index (χ1v) is 11.2. The number of allylic oxidation sites excluding steroid dienone is 2. The molecule has 0 radical (unpaired) electrons. The standard InChI is InChI=1S/C25H29F5O/c1-2-17-7-11-20(12-8-17)21-13-9-18(10-14-21)5-3-4-6-19-15-22(26)24(23(27)16-19)31-25(28,29)30/h3,5,15-18,20-21H,2,7-14H2,1H3/b5-3+. The summed E-state index contributed by atoms with van der Waals surface area (Å²) in [5, 5.41) is 0. The summed E-state index contributed by atoms with van der Waals surface area (Å²) in [5.41, 5.74) is -0.0411. The summed E-state index contributed by atoms with van der Waals surface area (Å²) in [6, 6.07) is 1.48. The van der Waals surface area contributed by atoms with Crippen molar-refractivity contribution < 1.29 is 26.7 Å². The Labute approximate surface area is 181 Å². The largest absolute Gasteiger partial charge is 0.573 e. The molecule has 6 heteroatoms. The zero-order valence-electron chi connectivity index (χ0n) is 17.8. The van der Waals surface area contributed by atoms with Gasteiger partial charge in [-0.25, -0.2) is 8.78 Å². The Hall–Kier alpha value is -2.03. The lowest BCUT2D eigenvalue weighted by Gasteiger charge is -2.37. The lowest BCUT2D eigenvalue weighted by molar-refractivity contribution is -0.276. The molecular weight excluding hydrogens is 411 g/mol. The summed E-state index contributed by atoms with van der Waals surface area (Å²) < 4.78 is 67.4. The SMILES string of the molecule is CCC1CCC(C2CCC(/C=C/C#Cc3cc(F)c(OC(F)(F)F)c(F)c3)CC2)CC1. The fourth-order valence-electron chi connectivity index (χ4n) is 5.03. The van der Waals surface area contributed by atoms with Crippen molar-refractivity contribution in [2.24, 2.45) is 23.7 Å². The molecule has 2 saturated carbocycles. The quantitative estimate of drug-likeness (QED) is 0.343. The van der Waals surface area contributed by atoms with Gasteiger partial charge in [0.2, 0.25) is 5.75 Å². The molecule has 2 fully saturated rings. The molecule has 0 saturated heterocycles. The van der Waals surface area contributed by atoms with E-state index in [0.717, 1.165) is 42.7 Å². The van der Waals surface area contributed by atoms with Gasteiger partial charge in [-0.3, -0.25) is 0 Å². The van der Waals surface area contributed by atoms with Crippen molar-refractivity contribution in [1.29, 1.82) is 0 Å². The van der Waals surface area contributed by atoms with Crippen molar-refractivity contribution >= 4 is 0 Å².